The van der Waals surface area contributed by atoms with Crippen LogP contribution in [0.25, 0.3) is 0 Å². The monoisotopic (exact) mass is 407 g/mol. The zero-order chi connectivity index (χ0) is 20.0. The summed E-state index contributed by atoms with van der Waals surface area (Å²) < 4.78 is 0.825. The summed E-state index contributed by atoms with van der Waals surface area (Å²) in [5.74, 6) is 0.286. The molecule has 1 saturated heterocycles. The minimum absolute atomic E-state index is 0.0510. The van der Waals surface area contributed by atoms with Crippen molar-refractivity contribution in [3.05, 3.63) is 35.4 Å². The van der Waals surface area contributed by atoms with Gasteiger partial charge in [-0.15, -0.1) is 0 Å². The van der Waals surface area contributed by atoms with Gasteiger partial charge in [-0.3, -0.25) is 9.59 Å². The molecule has 1 aromatic carbocycles. The van der Waals surface area contributed by atoms with Gasteiger partial charge >= 0.3 is 0 Å². The van der Waals surface area contributed by atoms with Gasteiger partial charge in [0.2, 0.25) is 5.91 Å². The van der Waals surface area contributed by atoms with Crippen molar-refractivity contribution in [2.24, 2.45) is 0 Å². The van der Waals surface area contributed by atoms with Gasteiger partial charge in [-0.2, -0.15) is 0 Å². The number of thioether (sulfide) groups is 1. The lowest BCUT2D eigenvalue weighted by Gasteiger charge is -2.40. The third kappa shape index (κ3) is 5.94. The molecule has 0 aromatic heterocycles. The largest absolute Gasteiger partial charge is 0.355 e. The zero-order valence-electron chi connectivity index (χ0n) is 16.5. The molecule has 1 aliphatic rings. The lowest BCUT2D eigenvalue weighted by molar-refractivity contribution is -0.127. The average molecular weight is 408 g/mol. The summed E-state index contributed by atoms with van der Waals surface area (Å²) in [5, 5.41) is 2.60. The van der Waals surface area contributed by atoms with Crippen LogP contribution in [0.3, 0.4) is 0 Å². The Kier molecular flexibility index (Phi) is 8.10. The first-order valence-electron chi connectivity index (χ1n) is 9.33. The minimum atomic E-state index is -0.114. The summed E-state index contributed by atoms with van der Waals surface area (Å²) in [4.78, 5) is 28.1. The van der Waals surface area contributed by atoms with Gasteiger partial charge in [-0.05, 0) is 50.8 Å². The van der Waals surface area contributed by atoms with Crippen molar-refractivity contribution < 1.29 is 9.59 Å². The van der Waals surface area contributed by atoms with Crippen molar-refractivity contribution in [2.45, 2.75) is 51.7 Å². The molecule has 1 aliphatic heterocycles. The molecule has 27 heavy (non-hydrogen) atoms. The molecule has 0 spiro atoms. The van der Waals surface area contributed by atoms with E-state index >= 15 is 0 Å². The second-order valence-corrected chi connectivity index (χ2v) is 8.73. The van der Waals surface area contributed by atoms with Gasteiger partial charge in [-0.25, -0.2) is 0 Å². The van der Waals surface area contributed by atoms with Crippen molar-refractivity contribution >= 4 is 40.1 Å². The number of likely N-dealkylation sites (tertiary alicyclic amines) is 1. The number of benzene rings is 1. The summed E-state index contributed by atoms with van der Waals surface area (Å²) in [7, 11) is 3.40. The molecule has 7 heteroatoms. The van der Waals surface area contributed by atoms with E-state index in [-0.39, 0.29) is 11.8 Å². The standard InChI is InChI=1S/C20H29N3O2S2/c1-14-6-5-7-15(2)23(14)20(26)27-13-18(24)22(4)12-16-8-10-17(11-9-16)19(25)21-3/h8-11,14-15H,5-7,12-13H2,1-4H3,(H,21,25)/t14-,15+. The van der Waals surface area contributed by atoms with Gasteiger partial charge in [-0.1, -0.05) is 36.1 Å². The van der Waals surface area contributed by atoms with Crippen LogP contribution in [-0.4, -0.2) is 57.9 Å². The number of hydrogen-bond acceptors (Lipinski definition) is 4. The minimum Gasteiger partial charge on any atom is -0.355 e. The van der Waals surface area contributed by atoms with Gasteiger partial charge in [0.25, 0.3) is 5.91 Å². The molecule has 1 fully saturated rings. The van der Waals surface area contributed by atoms with E-state index in [9.17, 15) is 9.59 Å². The fourth-order valence-corrected chi connectivity index (χ4v) is 4.87. The molecule has 148 valence electrons. The first-order valence-corrected chi connectivity index (χ1v) is 10.7. The van der Waals surface area contributed by atoms with E-state index in [0.717, 1.165) is 22.7 Å². The maximum atomic E-state index is 12.5. The SMILES string of the molecule is CNC(=O)c1ccc(CN(C)C(=O)CSC(=S)N2[C@H](C)CCC[C@@H]2C)cc1. The number of piperidine rings is 1. The summed E-state index contributed by atoms with van der Waals surface area (Å²) in [5.41, 5.74) is 1.60. The molecule has 0 radical (unpaired) electrons. The van der Waals surface area contributed by atoms with E-state index in [4.69, 9.17) is 12.2 Å². The van der Waals surface area contributed by atoms with E-state index in [1.807, 2.05) is 12.1 Å². The van der Waals surface area contributed by atoms with Crippen molar-refractivity contribution in [1.82, 2.24) is 15.1 Å². The molecule has 2 rings (SSSR count). The Morgan fingerprint density at radius 1 is 1.22 bits per heavy atom. The van der Waals surface area contributed by atoms with Gasteiger partial charge in [0.1, 0.15) is 4.32 Å². The molecular weight excluding hydrogens is 378 g/mol. The van der Waals surface area contributed by atoms with E-state index < -0.39 is 0 Å². The number of nitrogens with one attached hydrogen (secondary N) is 1. The lowest BCUT2D eigenvalue weighted by atomic mass is 9.99. The van der Waals surface area contributed by atoms with Crippen LogP contribution in [0.5, 0.6) is 0 Å². The smallest absolute Gasteiger partial charge is 0.251 e. The zero-order valence-corrected chi connectivity index (χ0v) is 18.2. The van der Waals surface area contributed by atoms with Gasteiger partial charge < -0.3 is 15.1 Å². The summed E-state index contributed by atoms with van der Waals surface area (Å²) in [6, 6.07) is 8.19. The quantitative estimate of drug-likeness (QED) is 0.759. The van der Waals surface area contributed by atoms with Crippen LogP contribution in [0.4, 0.5) is 0 Å². The Morgan fingerprint density at radius 2 is 1.81 bits per heavy atom. The number of rotatable bonds is 5. The second-order valence-electron chi connectivity index (χ2n) is 7.12. The average Bonchev–Trinajstić information content (AvgIpc) is 2.65. The van der Waals surface area contributed by atoms with Crippen molar-refractivity contribution in [1.29, 1.82) is 0 Å². The van der Waals surface area contributed by atoms with E-state index in [1.54, 1.807) is 31.1 Å². The molecule has 1 N–H and O–H groups in total. The predicted octanol–water partition coefficient (Wildman–Crippen LogP) is 3.29. The van der Waals surface area contributed by atoms with Crippen molar-refractivity contribution in [3.8, 4) is 0 Å². The van der Waals surface area contributed by atoms with Gasteiger partial charge in [0.15, 0.2) is 0 Å². The third-order valence-corrected chi connectivity index (χ3v) is 6.43. The fraction of sp³-hybridized carbons (Fsp3) is 0.550. The predicted molar refractivity (Wildman–Crippen MR) is 116 cm³/mol. The Labute approximate surface area is 171 Å². The molecule has 5 nitrogen and oxygen atoms in total. The third-order valence-electron chi connectivity index (χ3n) is 5.01. The van der Waals surface area contributed by atoms with Crippen molar-refractivity contribution in [2.75, 3.05) is 19.8 Å². The highest BCUT2D eigenvalue weighted by Crippen LogP contribution is 2.26. The molecule has 0 saturated carbocycles. The van der Waals surface area contributed by atoms with E-state index in [0.29, 0.717) is 29.9 Å². The number of amides is 2. The molecule has 0 bridgehead atoms. The number of carbonyl (C=O) groups excluding carboxylic acids is 2. The Bertz CT molecular complexity index is 668. The van der Waals surface area contributed by atoms with Crippen LogP contribution in [0, 0.1) is 0 Å². The first kappa shape index (κ1) is 21.7. The van der Waals surface area contributed by atoms with Crippen LogP contribution in [-0.2, 0) is 11.3 Å². The van der Waals surface area contributed by atoms with Crippen LogP contribution >= 0.6 is 24.0 Å². The maximum absolute atomic E-state index is 12.5. The van der Waals surface area contributed by atoms with E-state index in [2.05, 4.69) is 24.1 Å². The van der Waals surface area contributed by atoms with Crippen LogP contribution in [0.2, 0.25) is 0 Å². The normalized spacial score (nSPS) is 19.5. The number of thiocarbonyl (C=S) groups is 1. The molecule has 1 aromatic rings. The van der Waals surface area contributed by atoms with E-state index in [1.165, 1.54) is 18.2 Å². The van der Waals surface area contributed by atoms with Crippen LogP contribution < -0.4 is 5.32 Å². The summed E-state index contributed by atoms with van der Waals surface area (Å²) in [6.07, 6.45) is 3.56. The fourth-order valence-electron chi connectivity index (χ4n) is 3.36. The molecule has 1 heterocycles. The van der Waals surface area contributed by atoms with Crippen LogP contribution in [0.1, 0.15) is 49.0 Å². The highest BCUT2D eigenvalue weighted by molar-refractivity contribution is 8.23. The first-order chi connectivity index (χ1) is 12.8. The Morgan fingerprint density at radius 3 is 2.37 bits per heavy atom. The molecule has 2 atom stereocenters. The molecular formula is C20H29N3O2S2. The molecule has 0 aliphatic carbocycles. The van der Waals surface area contributed by atoms with Gasteiger partial charge in [0, 0.05) is 38.3 Å². The lowest BCUT2D eigenvalue weighted by Crippen LogP contribution is -2.46. The van der Waals surface area contributed by atoms with Crippen LogP contribution in [0.15, 0.2) is 24.3 Å². The summed E-state index contributed by atoms with van der Waals surface area (Å²) >= 11 is 7.05. The van der Waals surface area contributed by atoms with Crippen molar-refractivity contribution in [3.63, 3.8) is 0 Å². The highest BCUT2D eigenvalue weighted by atomic mass is 32.2. The molecule has 0 unspecified atom stereocenters. The number of carbonyl (C=O) groups is 2. The summed E-state index contributed by atoms with van der Waals surface area (Å²) in [6.45, 7) is 4.93. The number of hydrogen-bond donors (Lipinski definition) is 1. The Balaban J connectivity index is 1.84. The van der Waals surface area contributed by atoms with Gasteiger partial charge in [0.05, 0.1) is 5.75 Å². The highest BCUT2D eigenvalue weighted by Gasteiger charge is 2.27. The topological polar surface area (TPSA) is 52.7 Å². The maximum Gasteiger partial charge on any atom is 0.251 e. The number of nitrogens with zero attached hydrogens (tertiary/aromatic N) is 2. The molecule has 2 amide bonds. The Hall–Kier alpha value is -1.60. The second kappa shape index (κ2) is 10.1.